The summed E-state index contributed by atoms with van der Waals surface area (Å²) in [7, 11) is 1.56. The first-order valence-corrected chi connectivity index (χ1v) is 13.5. The molecule has 0 spiro atoms. The van der Waals surface area contributed by atoms with Gasteiger partial charge in [0.15, 0.2) is 0 Å². The summed E-state index contributed by atoms with van der Waals surface area (Å²) in [5, 5.41) is 3.46. The zero-order valence-corrected chi connectivity index (χ0v) is 24.1. The molecule has 7 nitrogen and oxygen atoms in total. The van der Waals surface area contributed by atoms with Crippen molar-refractivity contribution in [3.8, 4) is 18.1 Å². The number of carbonyl (C=O) groups excluding carboxylic acids is 3. The molecular weight excluding hydrogens is 474 g/mol. The smallest absolute Gasteiger partial charge is 0.295 e. The summed E-state index contributed by atoms with van der Waals surface area (Å²) >= 11 is 1.89. The Balaban J connectivity index is -0.000000583. The minimum atomic E-state index is -0.554. The highest BCUT2D eigenvalue weighted by atomic mass is 32.2. The maximum absolute atomic E-state index is 11.9. The lowest BCUT2D eigenvalue weighted by Gasteiger charge is -2.19. The molecular formula is C28H47N3O4S. The number of nitrogens with two attached hydrogens (primary N) is 1. The molecule has 204 valence electrons. The number of rotatable bonds is 12. The number of nitrogens with zero attached hydrogens (tertiary/aromatic N) is 1. The first-order valence-electron chi connectivity index (χ1n) is 12.3. The number of terminal acetylenes is 1. The first-order chi connectivity index (χ1) is 17.3. The minimum Gasteiger partial charge on any atom is -0.497 e. The second-order valence-electron chi connectivity index (χ2n) is 7.19. The van der Waals surface area contributed by atoms with Crippen molar-refractivity contribution >= 4 is 36.1 Å². The first kappa shape index (κ1) is 37.8. The van der Waals surface area contributed by atoms with Gasteiger partial charge in [0.1, 0.15) is 12.5 Å². The van der Waals surface area contributed by atoms with Crippen LogP contribution in [0, 0.1) is 19.3 Å². The number of hydrazine groups is 1. The maximum Gasteiger partial charge on any atom is 0.295 e. The van der Waals surface area contributed by atoms with Crippen LogP contribution in [0.25, 0.3) is 0 Å². The fourth-order valence-electron chi connectivity index (χ4n) is 2.88. The number of carbonyl (C=O) groups is 3. The third-order valence-corrected chi connectivity index (χ3v) is 5.76. The zero-order valence-electron chi connectivity index (χ0n) is 23.3. The van der Waals surface area contributed by atoms with E-state index in [9.17, 15) is 9.59 Å². The molecule has 0 radical (unpaired) electrons. The number of thioether (sulfide) groups is 1. The molecule has 0 fully saturated rings. The second kappa shape index (κ2) is 26.8. The van der Waals surface area contributed by atoms with Crippen molar-refractivity contribution in [2.24, 2.45) is 5.84 Å². The number of allylic oxidation sites excluding steroid dienone is 2. The van der Waals surface area contributed by atoms with E-state index in [4.69, 9.17) is 21.8 Å². The van der Waals surface area contributed by atoms with Crippen LogP contribution >= 0.6 is 11.8 Å². The van der Waals surface area contributed by atoms with Crippen molar-refractivity contribution in [3.63, 3.8) is 0 Å². The summed E-state index contributed by atoms with van der Waals surface area (Å²) in [5.41, 5.74) is 1.40. The van der Waals surface area contributed by atoms with Gasteiger partial charge in [-0.15, -0.1) is 18.2 Å². The van der Waals surface area contributed by atoms with E-state index in [0.29, 0.717) is 11.4 Å². The highest BCUT2D eigenvalue weighted by Crippen LogP contribution is 2.23. The third kappa shape index (κ3) is 18.6. The monoisotopic (exact) mass is 521 g/mol. The van der Waals surface area contributed by atoms with Gasteiger partial charge in [-0.05, 0) is 67.5 Å². The van der Waals surface area contributed by atoms with E-state index in [-0.39, 0.29) is 18.9 Å². The molecule has 1 rings (SSSR count). The van der Waals surface area contributed by atoms with Crippen LogP contribution in [0.1, 0.15) is 78.2 Å². The molecule has 0 aliphatic carbocycles. The molecule has 0 aromatic heterocycles. The Bertz CT molecular complexity index is 791. The van der Waals surface area contributed by atoms with Gasteiger partial charge in [0.25, 0.3) is 5.91 Å². The lowest BCUT2D eigenvalue weighted by atomic mass is 10.1. The van der Waals surface area contributed by atoms with Gasteiger partial charge in [-0.2, -0.15) is 0 Å². The Morgan fingerprint density at radius 1 is 1.19 bits per heavy atom. The molecule has 2 amide bonds. The molecule has 0 aliphatic heterocycles. The van der Waals surface area contributed by atoms with E-state index in [1.165, 1.54) is 38.5 Å². The van der Waals surface area contributed by atoms with Crippen molar-refractivity contribution in [2.45, 2.75) is 79.6 Å². The molecule has 0 saturated heterocycles. The maximum atomic E-state index is 11.9. The van der Waals surface area contributed by atoms with Crippen LogP contribution < -0.4 is 20.9 Å². The fourth-order valence-corrected chi connectivity index (χ4v) is 3.47. The predicted molar refractivity (Wildman–Crippen MR) is 155 cm³/mol. The fraction of sp³-hybridized carbons (Fsp3) is 0.536. The molecule has 3 N–H and O–H groups in total. The molecule has 1 aromatic carbocycles. The van der Waals surface area contributed by atoms with E-state index in [0.717, 1.165) is 10.6 Å². The Hall–Kier alpha value is -2.76. The van der Waals surface area contributed by atoms with Crippen LogP contribution in [-0.2, 0) is 14.4 Å². The van der Waals surface area contributed by atoms with Gasteiger partial charge >= 0.3 is 0 Å². The van der Waals surface area contributed by atoms with Gasteiger partial charge in [0, 0.05) is 13.0 Å². The van der Waals surface area contributed by atoms with E-state index >= 15 is 0 Å². The molecule has 0 aliphatic rings. The van der Waals surface area contributed by atoms with Crippen LogP contribution in [0.4, 0.5) is 5.69 Å². The number of nitrogens with one attached hydrogen (secondary N) is 1. The molecule has 0 unspecified atom stereocenters. The molecule has 36 heavy (non-hydrogen) atoms. The van der Waals surface area contributed by atoms with Gasteiger partial charge < -0.3 is 14.8 Å². The Morgan fingerprint density at radius 2 is 1.81 bits per heavy atom. The molecule has 0 atom stereocenters. The van der Waals surface area contributed by atoms with Crippen LogP contribution in [0.5, 0.6) is 5.75 Å². The highest BCUT2D eigenvalue weighted by Gasteiger charge is 2.14. The van der Waals surface area contributed by atoms with Gasteiger partial charge in [-0.3, -0.25) is 9.59 Å². The molecule has 1 aromatic rings. The number of ether oxygens (including phenoxy) is 1. The van der Waals surface area contributed by atoms with Crippen molar-refractivity contribution in [3.05, 3.63) is 34.7 Å². The Morgan fingerprint density at radius 3 is 2.28 bits per heavy atom. The lowest BCUT2D eigenvalue weighted by Crippen LogP contribution is -2.39. The van der Waals surface area contributed by atoms with Crippen molar-refractivity contribution in [1.29, 1.82) is 0 Å². The van der Waals surface area contributed by atoms with E-state index in [1.54, 1.807) is 30.2 Å². The normalized spacial score (nSPS) is 9.58. The largest absolute Gasteiger partial charge is 0.497 e. The number of hydrogen-bond donors (Lipinski definition) is 2. The summed E-state index contributed by atoms with van der Waals surface area (Å²) in [5.74, 6) is 7.48. The Labute approximate surface area is 223 Å². The van der Waals surface area contributed by atoms with Crippen molar-refractivity contribution < 1.29 is 19.1 Å². The van der Waals surface area contributed by atoms with E-state index < -0.39 is 5.91 Å². The number of hydrogen-bond acceptors (Lipinski definition) is 6. The summed E-state index contributed by atoms with van der Waals surface area (Å²) in [4.78, 5) is 32.3. The quantitative estimate of drug-likeness (QED) is 0.118. The molecule has 0 saturated carbocycles. The lowest BCUT2D eigenvalue weighted by molar-refractivity contribution is -0.119. The number of methoxy groups -OCH3 is 1. The predicted octanol–water partition coefficient (Wildman–Crippen LogP) is 5.80. The summed E-state index contributed by atoms with van der Waals surface area (Å²) in [6.45, 7) is 12.4. The summed E-state index contributed by atoms with van der Waals surface area (Å²) < 4.78 is 5.08. The minimum absolute atomic E-state index is 0.0649. The zero-order chi connectivity index (χ0) is 28.4. The van der Waals surface area contributed by atoms with Gasteiger partial charge in [-0.1, -0.05) is 52.5 Å². The van der Waals surface area contributed by atoms with E-state index in [2.05, 4.69) is 31.5 Å². The summed E-state index contributed by atoms with van der Waals surface area (Å²) in [6, 6.07) is 5.20. The highest BCUT2D eigenvalue weighted by molar-refractivity contribution is 8.02. The number of unbranched alkanes of at least 4 members (excludes halogenated alkanes) is 4. The average molecular weight is 522 g/mol. The van der Waals surface area contributed by atoms with Gasteiger partial charge in [-0.25, -0.2) is 10.9 Å². The standard InChI is InChI=1S/C14H17N3O3.C11H22S.C2H6.CH2O/c1-4-13(18)16-8-7-14(19)17(15)12-6-5-11(20-3)9-10(12)2;1-4-6-7-8-9-10-11(5-2)12-3;2*1-2/h1,5-6,9H,7-8,15H2,2-3H3,(H,16,18);5H,4,6-10H2,1-3H3;1-2H3;1H2/b;11-5-;;. The van der Waals surface area contributed by atoms with Crippen molar-refractivity contribution in [2.75, 3.05) is 24.9 Å². The van der Waals surface area contributed by atoms with Crippen molar-refractivity contribution in [1.82, 2.24) is 5.32 Å². The topological polar surface area (TPSA) is 102 Å². The molecule has 8 heteroatoms. The number of benzene rings is 1. The van der Waals surface area contributed by atoms with Crippen LogP contribution in [0.3, 0.4) is 0 Å². The average Bonchev–Trinajstić information content (AvgIpc) is 2.92. The second-order valence-corrected chi connectivity index (χ2v) is 8.12. The number of amides is 2. The molecule has 0 heterocycles. The summed E-state index contributed by atoms with van der Waals surface area (Å²) in [6.07, 6.45) is 17.6. The van der Waals surface area contributed by atoms with Gasteiger partial charge in [0.05, 0.1) is 12.8 Å². The number of aryl methyl sites for hydroxylation is 1. The number of anilines is 1. The molecule has 0 bridgehead atoms. The third-order valence-electron chi connectivity index (χ3n) is 4.80. The van der Waals surface area contributed by atoms with Gasteiger partial charge in [0.2, 0.25) is 5.91 Å². The van der Waals surface area contributed by atoms with E-state index in [1.807, 2.05) is 45.2 Å². The van der Waals surface area contributed by atoms with Crippen LogP contribution in [0.2, 0.25) is 0 Å². The SMILES string of the molecule is C#CC(=O)NCCC(=O)N(N)c1ccc(OC)cc1C.C/C=C(/CCCCCCC)SC.C=O.CC. The van der Waals surface area contributed by atoms with Crippen LogP contribution in [0.15, 0.2) is 29.2 Å². The Kier molecular flexibility index (Phi) is 28.2. The van der Waals surface area contributed by atoms with Crippen LogP contribution in [-0.4, -0.2) is 38.5 Å².